The molecule has 0 saturated carbocycles. The van der Waals surface area contributed by atoms with E-state index >= 15 is 0 Å². The van der Waals surface area contributed by atoms with Gasteiger partial charge in [-0.2, -0.15) is 10.2 Å². The molecule has 7 nitrogen and oxygen atoms in total. The molecule has 0 spiro atoms. The fourth-order valence-electron chi connectivity index (χ4n) is 3.89. The summed E-state index contributed by atoms with van der Waals surface area (Å²) in [5.74, 6) is 0.136. The Morgan fingerprint density at radius 2 is 1.69 bits per heavy atom. The summed E-state index contributed by atoms with van der Waals surface area (Å²) in [5.41, 5.74) is 5.55. The van der Waals surface area contributed by atoms with Gasteiger partial charge < -0.3 is 4.90 Å². The van der Waals surface area contributed by atoms with Crippen LogP contribution in [0.3, 0.4) is 0 Å². The van der Waals surface area contributed by atoms with Crippen LogP contribution in [0.4, 0.5) is 0 Å². The minimum Gasteiger partial charge on any atom is -0.339 e. The van der Waals surface area contributed by atoms with Crippen molar-refractivity contribution in [3.05, 3.63) is 65.2 Å². The number of hydrogen-bond acceptors (Lipinski definition) is 4. The Morgan fingerprint density at radius 3 is 2.34 bits per heavy atom. The third-order valence-corrected chi connectivity index (χ3v) is 5.62. The van der Waals surface area contributed by atoms with Crippen LogP contribution in [-0.2, 0) is 17.9 Å². The van der Waals surface area contributed by atoms with Gasteiger partial charge in [0.1, 0.15) is 6.54 Å². The predicted molar refractivity (Wildman–Crippen MR) is 112 cm³/mol. The maximum Gasteiger partial charge on any atom is 0.244 e. The van der Waals surface area contributed by atoms with E-state index in [1.165, 1.54) is 11.3 Å². The summed E-state index contributed by atoms with van der Waals surface area (Å²) >= 11 is 0. The van der Waals surface area contributed by atoms with Gasteiger partial charge in [0, 0.05) is 50.2 Å². The molecule has 0 N–H and O–H groups in total. The van der Waals surface area contributed by atoms with E-state index in [1.54, 1.807) is 4.68 Å². The molecular formula is C22H28N6O. The van der Waals surface area contributed by atoms with Crippen LogP contribution in [0.15, 0.2) is 42.6 Å². The molecule has 3 heterocycles. The summed E-state index contributed by atoms with van der Waals surface area (Å²) in [4.78, 5) is 16.9. The molecule has 1 fully saturated rings. The monoisotopic (exact) mass is 392 g/mol. The zero-order valence-electron chi connectivity index (χ0n) is 17.4. The molecule has 152 valence electrons. The number of rotatable bonds is 5. The normalized spacial score (nSPS) is 15.1. The van der Waals surface area contributed by atoms with Gasteiger partial charge in [-0.25, -0.2) is 4.68 Å². The van der Waals surface area contributed by atoms with Gasteiger partial charge in [-0.05, 0) is 39.0 Å². The maximum absolute atomic E-state index is 12.5. The van der Waals surface area contributed by atoms with Crippen LogP contribution in [0, 0.1) is 20.8 Å². The lowest BCUT2D eigenvalue weighted by Crippen LogP contribution is -2.49. The number of benzene rings is 1. The highest BCUT2D eigenvalue weighted by Gasteiger charge is 2.23. The zero-order valence-corrected chi connectivity index (χ0v) is 17.4. The van der Waals surface area contributed by atoms with Crippen molar-refractivity contribution in [3.63, 3.8) is 0 Å². The molecule has 1 saturated heterocycles. The van der Waals surface area contributed by atoms with Crippen molar-refractivity contribution in [2.75, 3.05) is 26.2 Å². The SMILES string of the molecule is Cc1ccn(CC(=O)N2CCN(Cc3c(C)nn(-c4ccccc4)c3C)CC2)n1. The van der Waals surface area contributed by atoms with Crippen LogP contribution in [0.5, 0.6) is 0 Å². The molecule has 29 heavy (non-hydrogen) atoms. The van der Waals surface area contributed by atoms with Gasteiger partial charge in [-0.1, -0.05) is 18.2 Å². The van der Waals surface area contributed by atoms with Crippen molar-refractivity contribution in [2.45, 2.75) is 33.9 Å². The number of carbonyl (C=O) groups excluding carboxylic acids is 1. The zero-order chi connectivity index (χ0) is 20.4. The second kappa shape index (κ2) is 8.21. The first-order chi connectivity index (χ1) is 14.0. The van der Waals surface area contributed by atoms with Crippen LogP contribution in [-0.4, -0.2) is 61.4 Å². The Hall–Kier alpha value is -2.93. The molecule has 2 aromatic heterocycles. The van der Waals surface area contributed by atoms with Crippen molar-refractivity contribution in [1.82, 2.24) is 29.4 Å². The highest BCUT2D eigenvalue weighted by atomic mass is 16.2. The van der Waals surface area contributed by atoms with E-state index < -0.39 is 0 Å². The smallest absolute Gasteiger partial charge is 0.244 e. The Morgan fingerprint density at radius 1 is 0.966 bits per heavy atom. The van der Waals surface area contributed by atoms with Gasteiger partial charge in [-0.3, -0.25) is 14.4 Å². The molecule has 7 heteroatoms. The molecular weight excluding hydrogens is 364 g/mol. The third-order valence-electron chi connectivity index (χ3n) is 5.62. The standard InChI is InChI=1S/C22H28N6O/c1-17-9-10-27(23-17)16-22(29)26-13-11-25(12-14-26)15-21-18(2)24-28(19(21)3)20-7-5-4-6-8-20/h4-10H,11-16H2,1-3H3. The minimum absolute atomic E-state index is 0.136. The number of amides is 1. The van der Waals surface area contributed by atoms with E-state index in [2.05, 4.69) is 36.0 Å². The first-order valence-corrected chi connectivity index (χ1v) is 10.1. The summed E-state index contributed by atoms with van der Waals surface area (Å²) in [6.07, 6.45) is 1.86. The Bertz CT molecular complexity index is 982. The third kappa shape index (κ3) is 4.24. The quantitative estimate of drug-likeness (QED) is 0.669. The minimum atomic E-state index is 0.136. The topological polar surface area (TPSA) is 59.2 Å². The van der Waals surface area contributed by atoms with Gasteiger partial charge in [0.15, 0.2) is 0 Å². The molecule has 0 atom stereocenters. The molecule has 0 radical (unpaired) electrons. The average Bonchev–Trinajstić information content (AvgIpc) is 3.26. The molecule has 0 aliphatic carbocycles. The van der Waals surface area contributed by atoms with Gasteiger partial charge in [-0.15, -0.1) is 0 Å². The number of piperazine rings is 1. The number of hydrogen-bond donors (Lipinski definition) is 0. The van der Waals surface area contributed by atoms with Crippen molar-refractivity contribution < 1.29 is 4.79 Å². The lowest BCUT2D eigenvalue weighted by Gasteiger charge is -2.34. The van der Waals surface area contributed by atoms with Crippen molar-refractivity contribution in [2.24, 2.45) is 0 Å². The summed E-state index contributed by atoms with van der Waals surface area (Å²) in [6, 6.07) is 12.2. The first kappa shape index (κ1) is 19.4. The van der Waals surface area contributed by atoms with Crippen LogP contribution < -0.4 is 0 Å². The number of carbonyl (C=O) groups is 1. The van der Waals surface area contributed by atoms with E-state index in [0.717, 1.165) is 49.8 Å². The van der Waals surface area contributed by atoms with Crippen LogP contribution in [0.25, 0.3) is 5.69 Å². The summed E-state index contributed by atoms with van der Waals surface area (Å²) in [7, 11) is 0. The molecule has 1 amide bonds. The first-order valence-electron chi connectivity index (χ1n) is 10.1. The molecule has 1 aromatic carbocycles. The lowest BCUT2D eigenvalue weighted by atomic mass is 10.1. The average molecular weight is 393 g/mol. The summed E-state index contributed by atoms with van der Waals surface area (Å²) < 4.78 is 3.74. The predicted octanol–water partition coefficient (Wildman–Crippen LogP) is 2.34. The number of para-hydroxylation sites is 1. The molecule has 3 aromatic rings. The van der Waals surface area contributed by atoms with E-state index in [1.807, 2.05) is 47.0 Å². The molecule has 0 unspecified atom stereocenters. The van der Waals surface area contributed by atoms with E-state index in [0.29, 0.717) is 6.54 Å². The van der Waals surface area contributed by atoms with E-state index in [9.17, 15) is 4.79 Å². The van der Waals surface area contributed by atoms with Crippen molar-refractivity contribution in [3.8, 4) is 5.69 Å². The van der Waals surface area contributed by atoms with Crippen molar-refractivity contribution in [1.29, 1.82) is 0 Å². The fourth-order valence-corrected chi connectivity index (χ4v) is 3.89. The van der Waals surface area contributed by atoms with Crippen LogP contribution >= 0.6 is 0 Å². The summed E-state index contributed by atoms with van der Waals surface area (Å²) in [5, 5.41) is 9.07. The highest BCUT2D eigenvalue weighted by Crippen LogP contribution is 2.20. The summed E-state index contributed by atoms with van der Waals surface area (Å²) in [6.45, 7) is 10.6. The van der Waals surface area contributed by atoms with Gasteiger partial charge >= 0.3 is 0 Å². The van der Waals surface area contributed by atoms with Gasteiger partial charge in [0.25, 0.3) is 0 Å². The van der Waals surface area contributed by atoms with Gasteiger partial charge in [0.05, 0.1) is 17.1 Å². The van der Waals surface area contributed by atoms with Crippen LogP contribution in [0.1, 0.15) is 22.6 Å². The maximum atomic E-state index is 12.5. The molecule has 4 rings (SSSR count). The van der Waals surface area contributed by atoms with Crippen molar-refractivity contribution >= 4 is 5.91 Å². The van der Waals surface area contributed by atoms with Crippen LogP contribution in [0.2, 0.25) is 0 Å². The second-order valence-corrected chi connectivity index (χ2v) is 7.71. The Balaban J connectivity index is 1.36. The molecule has 0 bridgehead atoms. The Labute approximate surface area is 171 Å². The number of nitrogens with zero attached hydrogens (tertiary/aromatic N) is 6. The molecule has 1 aliphatic heterocycles. The highest BCUT2D eigenvalue weighted by molar-refractivity contribution is 5.76. The van der Waals surface area contributed by atoms with E-state index in [-0.39, 0.29) is 5.91 Å². The Kier molecular flexibility index (Phi) is 5.49. The number of aryl methyl sites for hydroxylation is 2. The number of aromatic nitrogens is 4. The second-order valence-electron chi connectivity index (χ2n) is 7.71. The van der Waals surface area contributed by atoms with E-state index in [4.69, 9.17) is 5.10 Å². The van der Waals surface area contributed by atoms with Gasteiger partial charge in [0.2, 0.25) is 5.91 Å². The largest absolute Gasteiger partial charge is 0.339 e. The molecule has 1 aliphatic rings. The lowest BCUT2D eigenvalue weighted by molar-refractivity contribution is -0.133. The fraction of sp³-hybridized carbons (Fsp3) is 0.409.